The maximum absolute atomic E-state index is 2.56. The summed E-state index contributed by atoms with van der Waals surface area (Å²) in [7, 11) is 2.56. The van der Waals surface area contributed by atoms with Crippen molar-refractivity contribution in [3.8, 4) is 0 Å². The van der Waals surface area contributed by atoms with Gasteiger partial charge in [-0.2, -0.15) is 0 Å². The number of unbranched alkanes of at least 4 members (excludes halogenated alkanes) is 15. The molecule has 0 aromatic carbocycles. The topological polar surface area (TPSA) is 35.0 Å². The largest absolute Gasteiger partial charge is 1.00 e. The SMILES string of the molecule is CCCCCCCC[N+](C)(CCCCCCCC)CCCCCCCC.N.[Cl-]. The first kappa shape index (κ1) is 32.9. The summed E-state index contributed by atoms with van der Waals surface area (Å²) in [5.41, 5.74) is 0. The number of nitrogens with zero attached hydrogens (tertiary/aromatic N) is 1. The molecule has 0 saturated heterocycles. The van der Waals surface area contributed by atoms with Gasteiger partial charge >= 0.3 is 0 Å². The molecule has 28 heavy (non-hydrogen) atoms. The minimum Gasteiger partial charge on any atom is -1.00 e. The van der Waals surface area contributed by atoms with Crippen LogP contribution in [0.5, 0.6) is 0 Å². The van der Waals surface area contributed by atoms with Crippen molar-refractivity contribution in [1.82, 2.24) is 6.15 Å². The molecule has 0 saturated carbocycles. The average Bonchev–Trinajstić information content (AvgIpc) is 2.64. The van der Waals surface area contributed by atoms with E-state index in [9.17, 15) is 0 Å². The molecule has 0 rings (SSSR count). The predicted molar refractivity (Wildman–Crippen MR) is 126 cm³/mol. The van der Waals surface area contributed by atoms with Gasteiger partial charge in [-0.25, -0.2) is 0 Å². The highest BCUT2D eigenvalue weighted by Gasteiger charge is 2.20. The summed E-state index contributed by atoms with van der Waals surface area (Å²) in [6, 6.07) is 0. The van der Waals surface area contributed by atoms with Crippen LogP contribution in [0.1, 0.15) is 136 Å². The fourth-order valence-corrected chi connectivity index (χ4v) is 4.16. The second-order valence-electron chi connectivity index (χ2n) is 9.09. The van der Waals surface area contributed by atoms with Gasteiger partial charge < -0.3 is 23.0 Å². The Morgan fingerprint density at radius 2 is 0.607 bits per heavy atom. The summed E-state index contributed by atoms with van der Waals surface area (Å²) < 4.78 is 1.36. The van der Waals surface area contributed by atoms with E-state index in [0.29, 0.717) is 0 Å². The Bertz CT molecular complexity index is 230. The third-order valence-corrected chi connectivity index (χ3v) is 6.15. The van der Waals surface area contributed by atoms with Gasteiger partial charge in [-0.05, 0) is 38.5 Å². The quantitative estimate of drug-likeness (QED) is 0.188. The van der Waals surface area contributed by atoms with Gasteiger partial charge in [-0.15, -0.1) is 0 Å². The van der Waals surface area contributed by atoms with Crippen LogP contribution < -0.4 is 18.6 Å². The van der Waals surface area contributed by atoms with Crippen molar-refractivity contribution in [3.05, 3.63) is 0 Å². The zero-order valence-electron chi connectivity index (χ0n) is 20.4. The van der Waals surface area contributed by atoms with Crippen LogP contribution in [0.3, 0.4) is 0 Å². The lowest BCUT2D eigenvalue weighted by atomic mass is 10.1. The fraction of sp³-hybridized carbons (Fsp3) is 1.00. The van der Waals surface area contributed by atoms with E-state index in [2.05, 4.69) is 27.8 Å². The van der Waals surface area contributed by atoms with Crippen molar-refractivity contribution < 1.29 is 16.9 Å². The number of hydrogen-bond donors (Lipinski definition) is 1. The zero-order chi connectivity index (χ0) is 19.3. The van der Waals surface area contributed by atoms with E-state index in [1.165, 1.54) is 140 Å². The molecule has 0 atom stereocenters. The van der Waals surface area contributed by atoms with E-state index in [-0.39, 0.29) is 18.6 Å². The summed E-state index contributed by atoms with van der Waals surface area (Å²) >= 11 is 0. The van der Waals surface area contributed by atoms with Crippen LogP contribution in [0.4, 0.5) is 0 Å². The van der Waals surface area contributed by atoms with Gasteiger partial charge in [-0.3, -0.25) is 0 Å². The van der Waals surface area contributed by atoms with Crippen LogP contribution in [-0.4, -0.2) is 31.2 Å². The molecule has 0 aliphatic heterocycles. The fourth-order valence-electron chi connectivity index (χ4n) is 4.16. The summed E-state index contributed by atoms with van der Waals surface area (Å²) in [6.07, 6.45) is 25.9. The second kappa shape index (κ2) is 25.2. The number of hydrogen-bond acceptors (Lipinski definition) is 1. The minimum absolute atomic E-state index is 0. The van der Waals surface area contributed by atoms with Crippen molar-refractivity contribution >= 4 is 0 Å². The molecule has 0 radical (unpaired) electrons. The minimum atomic E-state index is 0. The Kier molecular flexibility index (Phi) is 29.6. The van der Waals surface area contributed by atoms with Crippen LogP contribution in [0.2, 0.25) is 0 Å². The monoisotopic (exact) mass is 420 g/mol. The smallest absolute Gasteiger partial charge is 0.0784 e. The predicted octanol–water partition coefficient (Wildman–Crippen LogP) is 5.68. The van der Waals surface area contributed by atoms with Gasteiger partial charge in [0.15, 0.2) is 0 Å². The van der Waals surface area contributed by atoms with Crippen LogP contribution >= 0.6 is 0 Å². The summed E-state index contributed by atoms with van der Waals surface area (Å²) in [5.74, 6) is 0. The van der Waals surface area contributed by atoms with E-state index < -0.39 is 0 Å². The molecule has 0 unspecified atom stereocenters. The molecule has 0 amide bonds. The van der Waals surface area contributed by atoms with Gasteiger partial charge in [0.2, 0.25) is 0 Å². The Hall–Kier alpha value is 0.210. The Morgan fingerprint density at radius 1 is 0.393 bits per heavy atom. The molecule has 0 spiro atoms. The summed E-state index contributed by atoms with van der Waals surface area (Å²) in [4.78, 5) is 0. The van der Waals surface area contributed by atoms with Crippen LogP contribution in [0.15, 0.2) is 0 Å². The van der Waals surface area contributed by atoms with Gasteiger partial charge in [0.1, 0.15) is 0 Å². The van der Waals surface area contributed by atoms with Gasteiger partial charge in [0.25, 0.3) is 0 Å². The Labute approximate surface area is 186 Å². The maximum Gasteiger partial charge on any atom is 0.0784 e. The van der Waals surface area contributed by atoms with Crippen LogP contribution in [0, 0.1) is 0 Å². The Balaban J connectivity index is -0.00000312. The van der Waals surface area contributed by atoms with Crippen molar-refractivity contribution in [2.24, 2.45) is 0 Å². The highest BCUT2D eigenvalue weighted by molar-refractivity contribution is 4.51. The number of rotatable bonds is 21. The second-order valence-corrected chi connectivity index (χ2v) is 9.09. The summed E-state index contributed by atoms with van der Waals surface area (Å²) in [5, 5.41) is 0. The van der Waals surface area contributed by atoms with Gasteiger partial charge in [0.05, 0.1) is 26.7 Å². The first-order valence-electron chi connectivity index (χ1n) is 12.5. The standard InChI is InChI=1S/C25H54N.ClH.H3N/c1-5-8-11-14-17-20-23-26(4,24-21-18-15-12-9-6-2)25-22-19-16-13-10-7-3;;/h5-25H2,1-4H3;1H;1H3/q+1;;/p-1. The highest BCUT2D eigenvalue weighted by Crippen LogP contribution is 2.16. The lowest BCUT2D eigenvalue weighted by Gasteiger charge is -2.35. The Morgan fingerprint density at radius 3 is 0.857 bits per heavy atom. The van der Waals surface area contributed by atoms with Crippen LogP contribution in [-0.2, 0) is 0 Å². The van der Waals surface area contributed by atoms with Crippen molar-refractivity contribution in [2.75, 3.05) is 26.7 Å². The molecule has 0 bridgehead atoms. The molecule has 0 aromatic heterocycles. The zero-order valence-corrected chi connectivity index (χ0v) is 21.1. The highest BCUT2D eigenvalue weighted by atomic mass is 35.5. The van der Waals surface area contributed by atoms with Crippen molar-refractivity contribution in [2.45, 2.75) is 136 Å². The molecule has 0 fully saturated rings. The first-order chi connectivity index (χ1) is 12.7. The first-order valence-corrected chi connectivity index (χ1v) is 12.5. The van der Waals surface area contributed by atoms with E-state index in [0.717, 1.165) is 0 Å². The van der Waals surface area contributed by atoms with Crippen molar-refractivity contribution in [1.29, 1.82) is 0 Å². The average molecular weight is 421 g/mol. The lowest BCUT2D eigenvalue weighted by Crippen LogP contribution is -3.00. The summed E-state index contributed by atoms with van der Waals surface area (Å²) in [6.45, 7) is 11.2. The molecule has 3 heteroatoms. The molecular formula is C25H57ClN2. The molecule has 0 aliphatic rings. The third kappa shape index (κ3) is 22.5. The molecule has 0 aromatic rings. The number of quaternary nitrogens is 1. The van der Waals surface area contributed by atoms with E-state index >= 15 is 0 Å². The normalized spacial score (nSPS) is 11.1. The van der Waals surface area contributed by atoms with Gasteiger partial charge in [-0.1, -0.05) is 97.8 Å². The van der Waals surface area contributed by atoms with E-state index in [1.54, 1.807) is 0 Å². The molecule has 0 heterocycles. The molecule has 2 nitrogen and oxygen atoms in total. The lowest BCUT2D eigenvalue weighted by molar-refractivity contribution is -0.910. The maximum atomic E-state index is 2.56. The molecule has 3 N–H and O–H groups in total. The van der Waals surface area contributed by atoms with E-state index in [4.69, 9.17) is 0 Å². The van der Waals surface area contributed by atoms with Crippen molar-refractivity contribution in [3.63, 3.8) is 0 Å². The molecule has 0 aliphatic carbocycles. The van der Waals surface area contributed by atoms with Gasteiger partial charge in [0, 0.05) is 0 Å². The third-order valence-electron chi connectivity index (χ3n) is 6.15. The molecular weight excluding hydrogens is 364 g/mol. The van der Waals surface area contributed by atoms with Crippen LogP contribution in [0.25, 0.3) is 0 Å². The molecule has 174 valence electrons. The van der Waals surface area contributed by atoms with E-state index in [1.807, 2.05) is 0 Å². The number of halogens is 1.